The minimum atomic E-state index is -1.59. The van der Waals surface area contributed by atoms with Crippen LogP contribution in [0.5, 0.6) is 0 Å². The maximum atomic E-state index is 11.9. The molecule has 1 heterocycles. The number of aryl methyl sites for hydroxylation is 1. The van der Waals surface area contributed by atoms with Crippen molar-refractivity contribution >= 4 is 17.8 Å². The van der Waals surface area contributed by atoms with Crippen molar-refractivity contribution in [2.75, 3.05) is 5.73 Å². The Morgan fingerprint density at radius 1 is 1.22 bits per heavy atom. The first-order valence-corrected chi connectivity index (χ1v) is 6.31. The average molecular weight is 313 g/mol. The van der Waals surface area contributed by atoms with Gasteiger partial charge >= 0.3 is 11.9 Å². The Bertz CT molecular complexity index is 937. The quantitative estimate of drug-likeness (QED) is 0.662. The molecule has 0 amide bonds. The van der Waals surface area contributed by atoms with Gasteiger partial charge in [0.2, 0.25) is 0 Å². The lowest BCUT2D eigenvalue weighted by Gasteiger charge is -2.14. The lowest BCUT2D eigenvalue weighted by molar-refractivity contribution is 0.0695. The Morgan fingerprint density at radius 3 is 2.35 bits per heavy atom. The molecule has 0 atom stereocenters. The van der Waals surface area contributed by atoms with E-state index >= 15 is 0 Å². The third kappa shape index (κ3) is 2.63. The van der Waals surface area contributed by atoms with Gasteiger partial charge in [0.05, 0.1) is 11.6 Å². The molecule has 2 aromatic rings. The van der Waals surface area contributed by atoms with E-state index in [0.29, 0.717) is 5.56 Å². The zero-order valence-electron chi connectivity index (χ0n) is 11.9. The molecular weight excluding hydrogens is 302 g/mol. The zero-order chi connectivity index (χ0) is 17.3. The van der Waals surface area contributed by atoms with E-state index in [4.69, 9.17) is 11.0 Å². The van der Waals surface area contributed by atoms with Gasteiger partial charge in [-0.05, 0) is 30.2 Å². The lowest BCUT2D eigenvalue weighted by atomic mass is 9.91. The molecule has 1 aromatic heterocycles. The maximum Gasteiger partial charge on any atom is 0.342 e. The highest BCUT2D eigenvalue weighted by Crippen LogP contribution is 2.32. The van der Waals surface area contributed by atoms with Crippen molar-refractivity contribution < 1.29 is 19.8 Å². The van der Waals surface area contributed by atoms with Crippen LogP contribution in [-0.4, -0.2) is 27.1 Å². The van der Waals surface area contributed by atoms with Crippen LogP contribution in [0.4, 0.5) is 5.82 Å². The molecule has 8 heteroatoms. The summed E-state index contributed by atoms with van der Waals surface area (Å²) in [7, 11) is 0. The van der Waals surface area contributed by atoms with Gasteiger partial charge in [0.15, 0.2) is 0 Å². The molecule has 0 bridgehead atoms. The van der Waals surface area contributed by atoms with Gasteiger partial charge in [0.1, 0.15) is 16.9 Å². The van der Waals surface area contributed by atoms with Crippen LogP contribution in [0.1, 0.15) is 31.8 Å². The molecule has 1 aromatic carbocycles. The number of carbonyl (C=O) groups is 2. The number of carboxylic acid groups (broad SMARTS) is 2. The highest BCUT2D eigenvalue weighted by molar-refractivity contribution is 6.07. The summed E-state index contributed by atoms with van der Waals surface area (Å²) < 4.78 is 0. The van der Waals surface area contributed by atoms with E-state index in [-0.39, 0.29) is 16.7 Å². The predicted molar refractivity (Wildman–Crippen MR) is 80.3 cm³/mol. The number of anilines is 1. The minimum Gasteiger partial charge on any atom is -0.478 e. The average Bonchev–Trinajstić information content (AvgIpc) is 2.46. The van der Waals surface area contributed by atoms with Crippen molar-refractivity contribution in [2.45, 2.75) is 6.92 Å². The topological polar surface area (TPSA) is 157 Å². The number of benzene rings is 1. The predicted octanol–water partition coefficient (Wildman–Crippen LogP) is 1.20. The fourth-order valence-corrected chi connectivity index (χ4v) is 2.28. The monoisotopic (exact) mass is 313 g/mol. The van der Waals surface area contributed by atoms with Gasteiger partial charge in [-0.2, -0.15) is 5.26 Å². The Kier molecular flexibility index (Phi) is 3.88. The number of hydrogen-bond donors (Lipinski definition) is 4. The number of nitrogens with zero attached hydrogens (tertiary/aromatic N) is 1. The zero-order valence-corrected chi connectivity index (χ0v) is 11.9. The lowest BCUT2D eigenvalue weighted by Crippen LogP contribution is -2.24. The fourth-order valence-electron chi connectivity index (χ4n) is 2.28. The van der Waals surface area contributed by atoms with Crippen LogP contribution in [0, 0.1) is 18.3 Å². The Hall–Kier alpha value is -3.60. The summed E-state index contributed by atoms with van der Waals surface area (Å²) in [4.78, 5) is 36.9. The van der Waals surface area contributed by atoms with Gasteiger partial charge in [-0.3, -0.25) is 4.79 Å². The largest absolute Gasteiger partial charge is 0.478 e. The molecule has 0 radical (unpaired) electrons. The summed E-state index contributed by atoms with van der Waals surface area (Å²) in [5, 5.41) is 27.7. The van der Waals surface area contributed by atoms with Crippen LogP contribution in [0.15, 0.2) is 23.0 Å². The Morgan fingerprint density at radius 2 is 1.83 bits per heavy atom. The van der Waals surface area contributed by atoms with E-state index in [1.807, 2.05) is 11.1 Å². The molecule has 0 aliphatic carbocycles. The first-order valence-electron chi connectivity index (χ1n) is 6.31. The van der Waals surface area contributed by atoms with Crippen LogP contribution in [0.2, 0.25) is 0 Å². The number of nitrogens with two attached hydrogens (primary N) is 1. The molecule has 23 heavy (non-hydrogen) atoms. The highest BCUT2D eigenvalue weighted by atomic mass is 16.4. The molecule has 0 aliphatic heterocycles. The van der Waals surface area contributed by atoms with E-state index in [2.05, 4.69) is 0 Å². The molecule has 0 spiro atoms. The number of nitrogens with one attached hydrogen (secondary N) is 1. The van der Waals surface area contributed by atoms with E-state index in [1.54, 1.807) is 6.92 Å². The maximum absolute atomic E-state index is 11.9. The van der Waals surface area contributed by atoms with Crippen molar-refractivity contribution in [3.05, 3.63) is 50.8 Å². The number of aromatic amines is 1. The number of nitriles is 1. The summed E-state index contributed by atoms with van der Waals surface area (Å²) in [6, 6.07) is 6.23. The van der Waals surface area contributed by atoms with Crippen molar-refractivity contribution in [3.8, 4) is 17.2 Å². The Labute approximate surface area is 129 Å². The number of pyridine rings is 1. The van der Waals surface area contributed by atoms with Gasteiger partial charge in [-0.1, -0.05) is 6.07 Å². The number of H-pyrrole nitrogens is 1. The highest BCUT2D eigenvalue weighted by Gasteiger charge is 2.27. The summed E-state index contributed by atoms with van der Waals surface area (Å²) >= 11 is 0. The number of nitrogen functional groups attached to an aromatic ring is 1. The second kappa shape index (κ2) is 5.65. The number of rotatable bonds is 3. The van der Waals surface area contributed by atoms with E-state index in [9.17, 15) is 24.6 Å². The Balaban J connectivity index is 3.07. The SMILES string of the molecule is Cc1ccc(C#N)cc1-c1c(C(=O)O)c(N)[nH]c(=O)c1C(=O)O. The molecule has 0 fully saturated rings. The summed E-state index contributed by atoms with van der Waals surface area (Å²) in [6.45, 7) is 1.60. The van der Waals surface area contributed by atoms with Crippen LogP contribution in [0.3, 0.4) is 0 Å². The van der Waals surface area contributed by atoms with Crippen LogP contribution >= 0.6 is 0 Å². The normalized spacial score (nSPS) is 10.1. The molecule has 0 saturated carbocycles. The number of aromatic nitrogens is 1. The number of aromatic carboxylic acids is 2. The van der Waals surface area contributed by atoms with Gasteiger partial charge in [-0.25, -0.2) is 9.59 Å². The van der Waals surface area contributed by atoms with Crippen molar-refractivity contribution in [1.82, 2.24) is 4.98 Å². The summed E-state index contributed by atoms with van der Waals surface area (Å²) in [5.74, 6) is -3.53. The standard InChI is InChI=1S/C15H11N3O5/c1-6-2-3-7(5-16)4-8(6)9-10(14(20)21)12(17)18-13(19)11(9)15(22)23/h2-4H,1H3,(H,20,21)(H,22,23)(H3,17,18,19). The van der Waals surface area contributed by atoms with Crippen LogP contribution < -0.4 is 11.3 Å². The van der Waals surface area contributed by atoms with Gasteiger partial charge in [0.25, 0.3) is 5.56 Å². The number of carboxylic acids is 2. The third-order valence-electron chi connectivity index (χ3n) is 3.31. The molecule has 0 unspecified atom stereocenters. The molecular formula is C15H11N3O5. The summed E-state index contributed by atoms with van der Waals surface area (Å²) in [6.07, 6.45) is 0. The number of hydrogen-bond acceptors (Lipinski definition) is 5. The van der Waals surface area contributed by atoms with E-state index < -0.39 is 34.4 Å². The van der Waals surface area contributed by atoms with Crippen molar-refractivity contribution in [3.63, 3.8) is 0 Å². The van der Waals surface area contributed by atoms with Gasteiger partial charge < -0.3 is 20.9 Å². The van der Waals surface area contributed by atoms with E-state index in [0.717, 1.165) is 0 Å². The van der Waals surface area contributed by atoms with Gasteiger partial charge in [-0.15, -0.1) is 0 Å². The molecule has 0 aliphatic rings. The fraction of sp³-hybridized carbons (Fsp3) is 0.0667. The molecule has 116 valence electrons. The molecule has 5 N–H and O–H groups in total. The molecule has 2 rings (SSSR count). The van der Waals surface area contributed by atoms with E-state index in [1.165, 1.54) is 18.2 Å². The van der Waals surface area contributed by atoms with Crippen molar-refractivity contribution in [1.29, 1.82) is 5.26 Å². The second-order valence-electron chi connectivity index (χ2n) is 4.74. The van der Waals surface area contributed by atoms with Crippen LogP contribution in [0.25, 0.3) is 11.1 Å². The smallest absolute Gasteiger partial charge is 0.342 e. The van der Waals surface area contributed by atoms with Crippen LogP contribution in [-0.2, 0) is 0 Å². The first kappa shape index (κ1) is 15.8. The third-order valence-corrected chi connectivity index (χ3v) is 3.31. The second-order valence-corrected chi connectivity index (χ2v) is 4.74. The minimum absolute atomic E-state index is 0.150. The van der Waals surface area contributed by atoms with Gasteiger partial charge in [0, 0.05) is 5.56 Å². The molecule has 0 saturated heterocycles. The van der Waals surface area contributed by atoms with Crippen molar-refractivity contribution in [2.24, 2.45) is 0 Å². The summed E-state index contributed by atoms with van der Waals surface area (Å²) in [5.41, 5.74) is 3.79. The molecule has 8 nitrogen and oxygen atoms in total. The first-order chi connectivity index (χ1) is 10.8.